The summed E-state index contributed by atoms with van der Waals surface area (Å²) in [5.74, 6) is -0.240. The number of hydrogen-bond acceptors (Lipinski definition) is 1. The van der Waals surface area contributed by atoms with Gasteiger partial charge in [-0.1, -0.05) is 0 Å². The molecule has 0 atom stereocenters. The summed E-state index contributed by atoms with van der Waals surface area (Å²) >= 11 is 0. The highest BCUT2D eigenvalue weighted by atomic mass is 19.1. The molecule has 0 amide bonds. The SMILES string of the molecule is Cc1cnc2[nH]cc(F)c2c1. The second-order valence-corrected chi connectivity index (χ2v) is 2.55. The number of nitrogens with zero attached hydrogens (tertiary/aromatic N) is 1. The fourth-order valence-electron chi connectivity index (χ4n) is 1.08. The quantitative estimate of drug-likeness (QED) is 0.611. The van der Waals surface area contributed by atoms with E-state index in [0.29, 0.717) is 11.0 Å². The van der Waals surface area contributed by atoms with Crippen LogP contribution >= 0.6 is 0 Å². The van der Waals surface area contributed by atoms with Crippen molar-refractivity contribution in [1.29, 1.82) is 0 Å². The first-order chi connectivity index (χ1) is 5.27. The second-order valence-electron chi connectivity index (χ2n) is 2.55. The highest BCUT2D eigenvalue weighted by molar-refractivity contribution is 5.76. The van der Waals surface area contributed by atoms with Crippen molar-refractivity contribution in [2.24, 2.45) is 0 Å². The summed E-state index contributed by atoms with van der Waals surface area (Å²) in [6.07, 6.45) is 3.02. The van der Waals surface area contributed by atoms with Crippen molar-refractivity contribution in [3.63, 3.8) is 0 Å². The van der Waals surface area contributed by atoms with E-state index >= 15 is 0 Å². The molecule has 0 aromatic carbocycles. The standard InChI is InChI=1S/C8H7FN2/c1-5-2-6-7(9)4-11-8(6)10-3-5/h2-4H,1H3,(H,10,11). The van der Waals surface area contributed by atoms with Crippen LogP contribution in [0.5, 0.6) is 0 Å². The minimum absolute atomic E-state index is 0.240. The molecule has 0 aliphatic heterocycles. The molecule has 0 fully saturated rings. The summed E-state index contributed by atoms with van der Waals surface area (Å²) in [4.78, 5) is 6.73. The second kappa shape index (κ2) is 2.05. The average molecular weight is 150 g/mol. The molecule has 0 radical (unpaired) electrons. The summed E-state index contributed by atoms with van der Waals surface area (Å²) in [6.45, 7) is 1.89. The van der Waals surface area contributed by atoms with Gasteiger partial charge in [0.15, 0.2) is 0 Å². The molecule has 0 spiro atoms. The van der Waals surface area contributed by atoms with E-state index in [1.165, 1.54) is 6.20 Å². The van der Waals surface area contributed by atoms with Crippen LogP contribution in [0.2, 0.25) is 0 Å². The van der Waals surface area contributed by atoms with Gasteiger partial charge in [-0.05, 0) is 18.6 Å². The van der Waals surface area contributed by atoms with Gasteiger partial charge < -0.3 is 4.98 Å². The number of pyridine rings is 1. The van der Waals surface area contributed by atoms with Crippen molar-refractivity contribution >= 4 is 11.0 Å². The minimum atomic E-state index is -0.240. The largest absolute Gasteiger partial charge is 0.343 e. The molecule has 0 aliphatic carbocycles. The Morgan fingerprint density at radius 3 is 3.18 bits per heavy atom. The van der Waals surface area contributed by atoms with Crippen LogP contribution in [0.4, 0.5) is 4.39 Å². The number of nitrogens with one attached hydrogen (secondary N) is 1. The van der Waals surface area contributed by atoms with Crippen LogP contribution in [0.1, 0.15) is 5.56 Å². The fourth-order valence-corrected chi connectivity index (χ4v) is 1.08. The third-order valence-corrected chi connectivity index (χ3v) is 1.62. The molecule has 0 saturated carbocycles. The molecule has 2 aromatic rings. The van der Waals surface area contributed by atoms with Gasteiger partial charge in [-0.3, -0.25) is 0 Å². The lowest BCUT2D eigenvalue weighted by molar-refractivity contribution is 0.639. The molecular formula is C8H7FN2. The predicted octanol–water partition coefficient (Wildman–Crippen LogP) is 2.01. The number of aryl methyl sites for hydroxylation is 1. The molecule has 0 bridgehead atoms. The van der Waals surface area contributed by atoms with Crippen LogP contribution in [0.15, 0.2) is 18.5 Å². The molecule has 56 valence electrons. The monoisotopic (exact) mass is 150 g/mol. The summed E-state index contributed by atoms with van der Waals surface area (Å²) in [5, 5.41) is 0.560. The summed E-state index contributed by atoms with van der Waals surface area (Å²) in [7, 11) is 0. The molecule has 0 aliphatic rings. The Morgan fingerprint density at radius 2 is 2.36 bits per heavy atom. The third kappa shape index (κ3) is 0.888. The highest BCUT2D eigenvalue weighted by Crippen LogP contribution is 2.14. The van der Waals surface area contributed by atoms with Crippen molar-refractivity contribution in [3.05, 3.63) is 29.8 Å². The predicted molar refractivity (Wildman–Crippen MR) is 40.8 cm³/mol. The van der Waals surface area contributed by atoms with Crippen molar-refractivity contribution in [3.8, 4) is 0 Å². The van der Waals surface area contributed by atoms with Gasteiger partial charge in [0.25, 0.3) is 0 Å². The first kappa shape index (κ1) is 6.34. The summed E-state index contributed by atoms with van der Waals surface area (Å²) < 4.78 is 12.9. The normalized spacial score (nSPS) is 10.7. The molecule has 1 N–H and O–H groups in total. The minimum Gasteiger partial charge on any atom is -0.343 e. The summed E-state index contributed by atoms with van der Waals surface area (Å²) in [5.41, 5.74) is 1.57. The van der Waals surface area contributed by atoms with E-state index in [1.54, 1.807) is 12.3 Å². The van der Waals surface area contributed by atoms with Crippen molar-refractivity contribution in [1.82, 2.24) is 9.97 Å². The van der Waals surface area contributed by atoms with E-state index in [9.17, 15) is 4.39 Å². The Bertz CT molecular complexity index is 392. The molecule has 2 heterocycles. The molecule has 2 aromatic heterocycles. The van der Waals surface area contributed by atoms with Gasteiger partial charge in [0.05, 0.1) is 5.39 Å². The first-order valence-electron chi connectivity index (χ1n) is 3.36. The molecular weight excluding hydrogens is 143 g/mol. The number of aromatic nitrogens is 2. The number of H-pyrrole nitrogens is 1. The maximum atomic E-state index is 12.9. The highest BCUT2D eigenvalue weighted by Gasteiger charge is 2.02. The van der Waals surface area contributed by atoms with Gasteiger partial charge in [0.2, 0.25) is 0 Å². The molecule has 0 unspecified atom stereocenters. The molecule has 2 nitrogen and oxygen atoms in total. The van der Waals surface area contributed by atoms with Crippen LogP contribution in [-0.4, -0.2) is 9.97 Å². The van der Waals surface area contributed by atoms with Crippen molar-refractivity contribution in [2.45, 2.75) is 6.92 Å². The lowest BCUT2D eigenvalue weighted by Gasteiger charge is -1.90. The van der Waals surface area contributed by atoms with Gasteiger partial charge in [0.1, 0.15) is 11.5 Å². The number of hydrogen-bond donors (Lipinski definition) is 1. The van der Waals surface area contributed by atoms with Gasteiger partial charge in [-0.25, -0.2) is 9.37 Å². The Kier molecular flexibility index (Phi) is 1.18. The number of aromatic amines is 1. The van der Waals surface area contributed by atoms with E-state index in [4.69, 9.17) is 0 Å². The topological polar surface area (TPSA) is 28.7 Å². The van der Waals surface area contributed by atoms with Gasteiger partial charge in [-0.15, -0.1) is 0 Å². The van der Waals surface area contributed by atoms with Crippen molar-refractivity contribution in [2.75, 3.05) is 0 Å². The van der Waals surface area contributed by atoms with E-state index in [0.717, 1.165) is 5.56 Å². The van der Waals surface area contributed by atoms with Crippen LogP contribution in [0.3, 0.4) is 0 Å². The van der Waals surface area contributed by atoms with Crippen LogP contribution in [-0.2, 0) is 0 Å². The van der Waals surface area contributed by atoms with Crippen molar-refractivity contribution < 1.29 is 4.39 Å². The van der Waals surface area contributed by atoms with Crippen LogP contribution in [0.25, 0.3) is 11.0 Å². The van der Waals surface area contributed by atoms with Gasteiger partial charge in [-0.2, -0.15) is 0 Å². The zero-order valence-corrected chi connectivity index (χ0v) is 6.06. The Morgan fingerprint density at radius 1 is 1.55 bits per heavy atom. The number of fused-ring (bicyclic) bond motifs is 1. The summed E-state index contributed by atoms with van der Waals surface area (Å²) in [6, 6.07) is 1.77. The van der Waals surface area contributed by atoms with Gasteiger partial charge in [0, 0.05) is 12.4 Å². The van der Waals surface area contributed by atoms with E-state index < -0.39 is 0 Å². The maximum Gasteiger partial charge on any atom is 0.150 e. The fraction of sp³-hybridized carbons (Fsp3) is 0.125. The lowest BCUT2D eigenvalue weighted by atomic mass is 10.2. The third-order valence-electron chi connectivity index (χ3n) is 1.62. The maximum absolute atomic E-state index is 12.9. The first-order valence-corrected chi connectivity index (χ1v) is 3.36. The zero-order valence-electron chi connectivity index (χ0n) is 6.06. The van der Waals surface area contributed by atoms with E-state index in [1.807, 2.05) is 6.92 Å². The smallest absolute Gasteiger partial charge is 0.150 e. The zero-order chi connectivity index (χ0) is 7.84. The number of rotatable bonds is 0. The Hall–Kier alpha value is -1.38. The Labute approximate surface area is 63.1 Å². The Balaban J connectivity index is 2.87. The van der Waals surface area contributed by atoms with E-state index in [-0.39, 0.29) is 5.82 Å². The van der Waals surface area contributed by atoms with Crippen LogP contribution < -0.4 is 0 Å². The molecule has 11 heavy (non-hydrogen) atoms. The molecule has 0 saturated heterocycles. The molecule has 3 heteroatoms. The molecule has 2 rings (SSSR count). The van der Waals surface area contributed by atoms with E-state index in [2.05, 4.69) is 9.97 Å². The number of halogens is 1. The van der Waals surface area contributed by atoms with Crippen LogP contribution in [0, 0.1) is 12.7 Å². The van der Waals surface area contributed by atoms with Gasteiger partial charge >= 0.3 is 0 Å². The average Bonchev–Trinajstić information content (AvgIpc) is 2.33. The lowest BCUT2D eigenvalue weighted by Crippen LogP contribution is -1.78.